The number of rotatable bonds is 17. The molecule has 0 saturated carbocycles. The first-order valence-corrected chi connectivity index (χ1v) is 11.4. The lowest BCUT2D eigenvalue weighted by Gasteiger charge is -2.06. The maximum atomic E-state index is 9.89. The molecule has 0 aliphatic carbocycles. The molecule has 0 aliphatic heterocycles. The van der Waals surface area contributed by atoms with Gasteiger partial charge < -0.3 is 10.4 Å². The number of nitrogens with zero attached hydrogens (tertiary/aromatic N) is 4. The average Bonchev–Trinajstić information content (AvgIpc) is 3.17. The zero-order valence-corrected chi connectivity index (χ0v) is 17.7. The van der Waals surface area contributed by atoms with Crippen molar-refractivity contribution in [2.24, 2.45) is 0 Å². The number of aromatic hydroxyl groups is 1. The predicted octanol–water partition coefficient (Wildman–Crippen LogP) is 5.40. The minimum absolute atomic E-state index is 0.128. The quantitative estimate of drug-likeness (QED) is 0.354. The van der Waals surface area contributed by atoms with Gasteiger partial charge in [-0.15, -0.1) is 10.2 Å². The largest absolute Gasteiger partial charge is 0.494 e. The average molecular weight is 390 g/mol. The van der Waals surface area contributed by atoms with Crippen LogP contribution in [-0.4, -0.2) is 31.2 Å². The van der Waals surface area contributed by atoms with E-state index in [0.717, 1.165) is 12.2 Å². The Balaban J connectivity index is 1.36. The Labute approximate surface area is 170 Å². The third-order valence-electron chi connectivity index (χ3n) is 5.33. The van der Waals surface area contributed by atoms with Gasteiger partial charge in [-0.3, -0.25) is 0 Å². The first kappa shape index (κ1) is 22.6. The molecule has 0 radical (unpaired) electrons. The van der Waals surface area contributed by atoms with E-state index in [1.807, 2.05) is 0 Å². The fourth-order valence-corrected chi connectivity index (χ4v) is 3.60. The van der Waals surface area contributed by atoms with Crippen molar-refractivity contribution < 1.29 is 5.11 Å². The van der Waals surface area contributed by atoms with E-state index in [9.17, 15) is 5.11 Å². The van der Waals surface area contributed by atoms with Crippen molar-refractivity contribution in [3.63, 3.8) is 0 Å². The lowest BCUT2D eigenvalue weighted by Crippen LogP contribution is -2.16. The van der Waals surface area contributed by atoms with E-state index in [2.05, 4.69) is 27.4 Å². The van der Waals surface area contributed by atoms with Crippen LogP contribution in [0.2, 0.25) is 0 Å². The highest BCUT2D eigenvalue weighted by Crippen LogP contribution is 2.13. The van der Waals surface area contributed by atoms with Gasteiger partial charge in [-0.25, -0.2) is 9.38 Å². The summed E-state index contributed by atoms with van der Waals surface area (Å²) in [6, 6.07) is 1.66. The topological polar surface area (TPSA) is 75.3 Å². The van der Waals surface area contributed by atoms with Crippen molar-refractivity contribution in [2.45, 2.75) is 103 Å². The molecule has 0 aliphatic rings. The molecule has 0 spiro atoms. The summed E-state index contributed by atoms with van der Waals surface area (Å²) in [5.74, 6) is 0.566. The molecule has 0 amide bonds. The maximum Gasteiger partial charge on any atom is 0.257 e. The van der Waals surface area contributed by atoms with E-state index < -0.39 is 0 Å². The van der Waals surface area contributed by atoms with Gasteiger partial charge in [0.05, 0.1) is 5.69 Å². The molecule has 0 bridgehead atoms. The Morgan fingerprint density at radius 2 is 1.43 bits per heavy atom. The number of hydrogen-bond acceptors (Lipinski definition) is 5. The van der Waals surface area contributed by atoms with Crippen LogP contribution in [0, 0.1) is 0 Å². The summed E-state index contributed by atoms with van der Waals surface area (Å²) in [4.78, 5) is 4.37. The molecule has 2 aromatic heterocycles. The van der Waals surface area contributed by atoms with Crippen molar-refractivity contribution in [1.82, 2.24) is 24.9 Å². The van der Waals surface area contributed by atoms with Gasteiger partial charge in [0.1, 0.15) is 6.33 Å². The molecule has 6 heteroatoms. The zero-order chi connectivity index (χ0) is 19.9. The van der Waals surface area contributed by atoms with E-state index in [0.29, 0.717) is 12.3 Å². The summed E-state index contributed by atoms with van der Waals surface area (Å²) in [7, 11) is 0. The number of nitrogens with one attached hydrogen (secondary N) is 1. The van der Waals surface area contributed by atoms with Gasteiger partial charge in [0.25, 0.3) is 5.78 Å². The molecule has 2 N–H and O–H groups in total. The van der Waals surface area contributed by atoms with Crippen LogP contribution in [-0.2, 0) is 6.54 Å². The van der Waals surface area contributed by atoms with Crippen LogP contribution < -0.4 is 5.32 Å². The Hall–Kier alpha value is -1.69. The molecule has 2 rings (SSSR count). The predicted molar refractivity (Wildman–Crippen MR) is 114 cm³/mol. The van der Waals surface area contributed by atoms with Gasteiger partial charge in [0, 0.05) is 12.6 Å². The van der Waals surface area contributed by atoms with E-state index in [-0.39, 0.29) is 5.88 Å². The summed E-state index contributed by atoms with van der Waals surface area (Å²) < 4.78 is 1.47. The number of fused-ring (bicyclic) bond motifs is 1. The summed E-state index contributed by atoms with van der Waals surface area (Å²) >= 11 is 0. The van der Waals surface area contributed by atoms with Crippen molar-refractivity contribution in [1.29, 1.82) is 0 Å². The van der Waals surface area contributed by atoms with Crippen LogP contribution in [0.1, 0.15) is 103 Å². The number of unbranched alkanes of at least 4 members (excludes halogenated alkanes) is 13. The second kappa shape index (κ2) is 14.3. The van der Waals surface area contributed by atoms with Crippen molar-refractivity contribution in [3.8, 4) is 5.88 Å². The van der Waals surface area contributed by atoms with Crippen LogP contribution in [0.3, 0.4) is 0 Å². The minimum Gasteiger partial charge on any atom is -0.494 e. The molecular weight excluding hydrogens is 350 g/mol. The normalized spacial score (nSPS) is 11.5. The van der Waals surface area contributed by atoms with Crippen LogP contribution in [0.15, 0.2) is 12.4 Å². The molecule has 0 saturated heterocycles. The molecule has 28 heavy (non-hydrogen) atoms. The second-order valence-corrected chi connectivity index (χ2v) is 7.88. The van der Waals surface area contributed by atoms with Crippen LogP contribution >= 0.6 is 0 Å². The molecule has 158 valence electrons. The Morgan fingerprint density at radius 3 is 2.04 bits per heavy atom. The summed E-state index contributed by atoms with van der Waals surface area (Å²) in [5.41, 5.74) is 0.795. The van der Waals surface area contributed by atoms with Gasteiger partial charge in [-0.1, -0.05) is 90.4 Å². The molecule has 6 nitrogen and oxygen atoms in total. The number of aromatic nitrogens is 4. The monoisotopic (exact) mass is 389 g/mol. The third kappa shape index (κ3) is 9.00. The zero-order valence-electron chi connectivity index (χ0n) is 17.7. The smallest absolute Gasteiger partial charge is 0.257 e. The van der Waals surface area contributed by atoms with Gasteiger partial charge in [0.15, 0.2) is 0 Å². The van der Waals surface area contributed by atoms with Crippen LogP contribution in [0.25, 0.3) is 5.78 Å². The third-order valence-corrected chi connectivity index (χ3v) is 5.33. The minimum atomic E-state index is 0.128. The standard InChI is InChI=1S/C22H39N5O/c1-2-3-4-5-6-7-8-9-10-11-12-13-14-15-16-23-18-20-17-21(28)27-19-24-26-22(27)25-20/h17,19,23,28H,2-16,18H2,1H3. The Morgan fingerprint density at radius 1 is 0.857 bits per heavy atom. The van der Waals surface area contributed by atoms with E-state index in [1.165, 1.54) is 101 Å². The summed E-state index contributed by atoms with van der Waals surface area (Å²) in [6.45, 7) is 3.91. The molecule has 2 heterocycles. The molecule has 0 fully saturated rings. The molecule has 0 atom stereocenters. The van der Waals surface area contributed by atoms with Crippen molar-refractivity contribution >= 4 is 5.78 Å². The molecular formula is C22H39N5O. The number of hydrogen-bond donors (Lipinski definition) is 2. The Bertz CT molecular complexity index is 643. The molecule has 0 unspecified atom stereocenters. The summed E-state index contributed by atoms with van der Waals surface area (Å²) in [6.07, 6.45) is 20.8. The first-order valence-electron chi connectivity index (χ1n) is 11.4. The second-order valence-electron chi connectivity index (χ2n) is 7.88. The van der Waals surface area contributed by atoms with E-state index in [1.54, 1.807) is 6.07 Å². The van der Waals surface area contributed by atoms with Crippen molar-refractivity contribution in [2.75, 3.05) is 6.54 Å². The van der Waals surface area contributed by atoms with Gasteiger partial charge in [-0.05, 0) is 13.0 Å². The molecule has 0 aromatic carbocycles. The summed E-state index contributed by atoms with van der Waals surface area (Å²) in [5, 5.41) is 20.9. The SMILES string of the molecule is CCCCCCCCCCCCCCCCNCc1cc(O)n2cnnc2n1. The van der Waals surface area contributed by atoms with Crippen molar-refractivity contribution in [3.05, 3.63) is 18.1 Å². The highest BCUT2D eigenvalue weighted by Gasteiger charge is 2.05. The van der Waals surface area contributed by atoms with E-state index >= 15 is 0 Å². The lowest BCUT2D eigenvalue weighted by molar-refractivity contribution is 0.442. The Kier molecular flexibility index (Phi) is 11.6. The fraction of sp³-hybridized carbons (Fsp3) is 0.773. The van der Waals surface area contributed by atoms with Gasteiger partial charge in [0.2, 0.25) is 5.88 Å². The van der Waals surface area contributed by atoms with Gasteiger partial charge in [-0.2, -0.15) is 0 Å². The maximum absolute atomic E-state index is 9.89. The highest BCUT2D eigenvalue weighted by atomic mass is 16.3. The van der Waals surface area contributed by atoms with E-state index in [4.69, 9.17) is 0 Å². The van der Waals surface area contributed by atoms with Crippen LogP contribution in [0.5, 0.6) is 5.88 Å². The fourth-order valence-electron chi connectivity index (χ4n) is 3.60. The highest BCUT2D eigenvalue weighted by molar-refractivity contribution is 5.33. The molecule has 2 aromatic rings. The van der Waals surface area contributed by atoms with Gasteiger partial charge >= 0.3 is 0 Å². The lowest BCUT2D eigenvalue weighted by atomic mass is 10.0. The van der Waals surface area contributed by atoms with Crippen LogP contribution in [0.4, 0.5) is 0 Å². The first-order chi connectivity index (χ1) is 13.8.